The van der Waals surface area contributed by atoms with Gasteiger partial charge < -0.3 is 10.6 Å². The molecule has 0 aliphatic heterocycles. The second kappa shape index (κ2) is 7.25. The number of hydrogen-bond acceptors (Lipinski definition) is 2. The number of rotatable bonds is 4. The van der Waals surface area contributed by atoms with E-state index in [2.05, 4.69) is 10.6 Å². The van der Waals surface area contributed by atoms with Gasteiger partial charge in [0.1, 0.15) is 5.82 Å². The Morgan fingerprint density at radius 3 is 2.65 bits per heavy atom. The SMILES string of the molecule is CNC(=O)[C@@H](C)NCc1ccc(C)c(F)c1.Cl. The van der Waals surface area contributed by atoms with Crippen molar-refractivity contribution < 1.29 is 9.18 Å². The van der Waals surface area contributed by atoms with Crippen molar-refractivity contribution in [1.82, 2.24) is 10.6 Å². The maximum atomic E-state index is 13.2. The van der Waals surface area contributed by atoms with Crippen LogP contribution in [0.4, 0.5) is 4.39 Å². The highest BCUT2D eigenvalue weighted by atomic mass is 35.5. The molecule has 0 heterocycles. The third-order valence-electron chi connectivity index (χ3n) is 2.49. The van der Waals surface area contributed by atoms with Crippen molar-refractivity contribution in [2.45, 2.75) is 26.4 Å². The largest absolute Gasteiger partial charge is 0.358 e. The van der Waals surface area contributed by atoms with Crippen LogP contribution < -0.4 is 10.6 Å². The number of amides is 1. The average molecular weight is 261 g/mol. The molecule has 5 heteroatoms. The van der Waals surface area contributed by atoms with E-state index in [0.717, 1.165) is 5.56 Å². The lowest BCUT2D eigenvalue weighted by Gasteiger charge is -2.12. The number of likely N-dealkylation sites (N-methyl/N-ethyl adjacent to an activating group) is 1. The lowest BCUT2D eigenvalue weighted by atomic mass is 10.1. The van der Waals surface area contributed by atoms with E-state index >= 15 is 0 Å². The fourth-order valence-corrected chi connectivity index (χ4v) is 1.33. The van der Waals surface area contributed by atoms with Crippen LogP contribution in [0.3, 0.4) is 0 Å². The first kappa shape index (κ1) is 15.9. The molecule has 1 amide bonds. The molecule has 96 valence electrons. The molecule has 2 N–H and O–H groups in total. The van der Waals surface area contributed by atoms with Crippen LogP contribution in [0.1, 0.15) is 18.1 Å². The lowest BCUT2D eigenvalue weighted by molar-refractivity contribution is -0.122. The zero-order valence-electron chi connectivity index (χ0n) is 10.2. The van der Waals surface area contributed by atoms with Gasteiger partial charge in [-0.3, -0.25) is 4.79 Å². The van der Waals surface area contributed by atoms with E-state index in [-0.39, 0.29) is 30.2 Å². The molecule has 0 spiro atoms. The Morgan fingerprint density at radius 1 is 1.47 bits per heavy atom. The minimum atomic E-state index is -0.283. The Kier molecular flexibility index (Phi) is 6.76. The number of carbonyl (C=O) groups excluding carboxylic acids is 1. The topological polar surface area (TPSA) is 41.1 Å². The summed E-state index contributed by atoms with van der Waals surface area (Å²) >= 11 is 0. The molecule has 0 fully saturated rings. The molecule has 3 nitrogen and oxygen atoms in total. The summed E-state index contributed by atoms with van der Waals surface area (Å²) in [6, 6.07) is 4.78. The molecular weight excluding hydrogens is 243 g/mol. The van der Waals surface area contributed by atoms with Crippen molar-refractivity contribution in [3.05, 3.63) is 35.1 Å². The summed E-state index contributed by atoms with van der Waals surface area (Å²) in [5.74, 6) is -0.292. The summed E-state index contributed by atoms with van der Waals surface area (Å²) < 4.78 is 13.2. The molecule has 0 saturated carbocycles. The maximum Gasteiger partial charge on any atom is 0.236 e. The fraction of sp³-hybridized carbons (Fsp3) is 0.417. The zero-order valence-corrected chi connectivity index (χ0v) is 11.0. The third-order valence-corrected chi connectivity index (χ3v) is 2.49. The van der Waals surface area contributed by atoms with E-state index in [9.17, 15) is 9.18 Å². The summed E-state index contributed by atoms with van der Waals surface area (Å²) in [5.41, 5.74) is 1.46. The molecule has 1 atom stereocenters. The Labute approximate surface area is 107 Å². The molecule has 0 saturated heterocycles. The maximum absolute atomic E-state index is 13.2. The average Bonchev–Trinajstić information content (AvgIpc) is 2.29. The van der Waals surface area contributed by atoms with Crippen LogP contribution in [0, 0.1) is 12.7 Å². The lowest BCUT2D eigenvalue weighted by Crippen LogP contribution is -2.40. The van der Waals surface area contributed by atoms with Gasteiger partial charge in [-0.15, -0.1) is 12.4 Å². The highest BCUT2D eigenvalue weighted by molar-refractivity contribution is 5.85. The zero-order chi connectivity index (χ0) is 12.1. The van der Waals surface area contributed by atoms with Crippen molar-refractivity contribution >= 4 is 18.3 Å². The molecule has 0 bridgehead atoms. The normalized spacial score (nSPS) is 11.5. The van der Waals surface area contributed by atoms with Crippen LogP contribution in [0.2, 0.25) is 0 Å². The molecule has 0 unspecified atom stereocenters. The van der Waals surface area contributed by atoms with Crippen LogP contribution in [-0.4, -0.2) is 19.0 Å². The quantitative estimate of drug-likeness (QED) is 0.867. The molecule has 0 aliphatic rings. The van der Waals surface area contributed by atoms with Crippen molar-refractivity contribution in [2.24, 2.45) is 0 Å². The first-order chi connectivity index (χ1) is 7.54. The first-order valence-corrected chi connectivity index (χ1v) is 5.24. The Balaban J connectivity index is 0.00000256. The van der Waals surface area contributed by atoms with Gasteiger partial charge in [0, 0.05) is 13.6 Å². The molecular formula is C12H18ClFN2O. The molecule has 1 aromatic carbocycles. The van der Waals surface area contributed by atoms with Crippen LogP contribution in [0.25, 0.3) is 0 Å². The first-order valence-electron chi connectivity index (χ1n) is 5.24. The fourth-order valence-electron chi connectivity index (χ4n) is 1.33. The van der Waals surface area contributed by atoms with E-state index in [4.69, 9.17) is 0 Å². The minimum absolute atomic E-state index is 0. The van der Waals surface area contributed by atoms with Crippen molar-refractivity contribution in [2.75, 3.05) is 7.05 Å². The van der Waals surface area contributed by atoms with Gasteiger partial charge in [0.15, 0.2) is 0 Å². The summed E-state index contributed by atoms with van der Waals surface area (Å²) in [7, 11) is 1.59. The van der Waals surface area contributed by atoms with Crippen molar-refractivity contribution in [1.29, 1.82) is 0 Å². The Morgan fingerprint density at radius 2 is 2.12 bits per heavy atom. The van der Waals surface area contributed by atoms with Gasteiger partial charge in [0.2, 0.25) is 5.91 Å². The van der Waals surface area contributed by atoms with E-state index in [1.807, 2.05) is 6.07 Å². The van der Waals surface area contributed by atoms with Gasteiger partial charge in [-0.2, -0.15) is 0 Å². The molecule has 1 aromatic rings. The van der Waals surface area contributed by atoms with E-state index in [0.29, 0.717) is 12.1 Å². The standard InChI is InChI=1S/C12H17FN2O.ClH/c1-8-4-5-10(6-11(8)13)7-15-9(2)12(16)14-3;/h4-6,9,15H,7H2,1-3H3,(H,14,16);1H/t9-;/m1./s1. The van der Waals surface area contributed by atoms with Gasteiger partial charge in [-0.25, -0.2) is 4.39 Å². The predicted octanol–water partition coefficient (Wildman–Crippen LogP) is 1.78. The molecule has 17 heavy (non-hydrogen) atoms. The number of hydrogen-bond donors (Lipinski definition) is 2. The number of nitrogens with one attached hydrogen (secondary N) is 2. The summed E-state index contributed by atoms with van der Waals surface area (Å²) in [5, 5.41) is 5.56. The summed E-state index contributed by atoms with van der Waals surface area (Å²) in [6.07, 6.45) is 0. The Bertz CT molecular complexity index is 385. The Hall–Kier alpha value is -1.13. The molecule has 1 rings (SSSR count). The molecule has 0 aromatic heterocycles. The van der Waals surface area contributed by atoms with Gasteiger partial charge in [-0.05, 0) is 31.0 Å². The second-order valence-electron chi connectivity index (χ2n) is 3.80. The van der Waals surface area contributed by atoms with Crippen molar-refractivity contribution in [3.8, 4) is 0 Å². The van der Waals surface area contributed by atoms with Crippen LogP contribution >= 0.6 is 12.4 Å². The minimum Gasteiger partial charge on any atom is -0.358 e. The second-order valence-corrected chi connectivity index (χ2v) is 3.80. The molecule has 0 radical (unpaired) electrons. The third kappa shape index (κ3) is 4.71. The number of carbonyl (C=O) groups is 1. The van der Waals surface area contributed by atoms with Crippen LogP contribution in [0.5, 0.6) is 0 Å². The van der Waals surface area contributed by atoms with Gasteiger partial charge >= 0.3 is 0 Å². The van der Waals surface area contributed by atoms with E-state index in [1.165, 1.54) is 6.07 Å². The highest BCUT2D eigenvalue weighted by Crippen LogP contribution is 2.08. The van der Waals surface area contributed by atoms with Crippen LogP contribution in [0.15, 0.2) is 18.2 Å². The molecule has 0 aliphatic carbocycles. The van der Waals surface area contributed by atoms with Gasteiger partial charge in [0.05, 0.1) is 6.04 Å². The van der Waals surface area contributed by atoms with E-state index < -0.39 is 0 Å². The summed E-state index contributed by atoms with van der Waals surface area (Å²) in [4.78, 5) is 11.2. The smallest absolute Gasteiger partial charge is 0.236 e. The summed E-state index contributed by atoms with van der Waals surface area (Å²) in [6.45, 7) is 3.97. The van der Waals surface area contributed by atoms with Crippen LogP contribution in [-0.2, 0) is 11.3 Å². The van der Waals surface area contributed by atoms with Gasteiger partial charge in [-0.1, -0.05) is 12.1 Å². The number of benzene rings is 1. The van der Waals surface area contributed by atoms with Crippen molar-refractivity contribution in [3.63, 3.8) is 0 Å². The predicted molar refractivity (Wildman–Crippen MR) is 68.8 cm³/mol. The van der Waals surface area contributed by atoms with E-state index in [1.54, 1.807) is 27.0 Å². The highest BCUT2D eigenvalue weighted by Gasteiger charge is 2.09. The number of aryl methyl sites for hydroxylation is 1. The van der Waals surface area contributed by atoms with Gasteiger partial charge in [0.25, 0.3) is 0 Å². The number of halogens is 2. The monoisotopic (exact) mass is 260 g/mol.